The van der Waals surface area contributed by atoms with Crippen LogP contribution in [-0.2, 0) is 0 Å². The number of nitrogen functional groups attached to an aromatic ring is 1. The van der Waals surface area contributed by atoms with Crippen LogP contribution in [0.5, 0.6) is 0 Å². The number of fused-ring (bicyclic) bond motifs is 1. The van der Waals surface area contributed by atoms with Gasteiger partial charge in [-0.15, -0.1) is 0 Å². The molecule has 4 rings (SSSR count). The Morgan fingerprint density at radius 2 is 1.87 bits per heavy atom. The molecular weight excluding hydrogens is 288 g/mol. The minimum absolute atomic E-state index is 0.200. The molecule has 0 saturated heterocycles. The number of rotatable bonds is 2. The second-order valence-corrected chi connectivity index (χ2v) is 6.33. The SMILES string of the molecule is Nc1c(-c2ccc(C3CCCCC3)cc2)cnc2cc(=O)[nH]n12. The number of benzene rings is 1. The maximum absolute atomic E-state index is 11.4. The lowest BCUT2D eigenvalue weighted by molar-refractivity contribution is 0.443. The Kier molecular flexibility index (Phi) is 3.41. The number of aromatic nitrogens is 3. The van der Waals surface area contributed by atoms with Crippen molar-refractivity contribution >= 4 is 11.5 Å². The highest BCUT2D eigenvalue weighted by Crippen LogP contribution is 2.34. The molecule has 0 spiro atoms. The maximum atomic E-state index is 11.4. The first-order valence-electron chi connectivity index (χ1n) is 8.19. The van der Waals surface area contributed by atoms with Gasteiger partial charge in [-0.1, -0.05) is 43.5 Å². The molecule has 118 valence electrons. The summed E-state index contributed by atoms with van der Waals surface area (Å²) >= 11 is 0. The molecule has 3 N–H and O–H groups in total. The summed E-state index contributed by atoms with van der Waals surface area (Å²) in [6.07, 6.45) is 8.35. The van der Waals surface area contributed by atoms with Crippen LogP contribution >= 0.6 is 0 Å². The van der Waals surface area contributed by atoms with Crippen molar-refractivity contribution in [3.63, 3.8) is 0 Å². The third-order valence-corrected chi connectivity index (χ3v) is 4.85. The quantitative estimate of drug-likeness (QED) is 0.762. The number of hydrogen-bond donors (Lipinski definition) is 2. The molecule has 0 unspecified atom stereocenters. The Hall–Kier alpha value is -2.56. The van der Waals surface area contributed by atoms with Gasteiger partial charge in [0.05, 0.1) is 0 Å². The number of hydrogen-bond acceptors (Lipinski definition) is 3. The van der Waals surface area contributed by atoms with Crippen molar-refractivity contribution in [1.29, 1.82) is 0 Å². The van der Waals surface area contributed by atoms with Crippen LogP contribution in [-0.4, -0.2) is 14.6 Å². The van der Waals surface area contributed by atoms with Gasteiger partial charge in [0.15, 0.2) is 5.65 Å². The fraction of sp³-hybridized carbons (Fsp3) is 0.333. The molecule has 5 heteroatoms. The van der Waals surface area contributed by atoms with E-state index < -0.39 is 0 Å². The van der Waals surface area contributed by atoms with Crippen LogP contribution in [0.4, 0.5) is 5.82 Å². The molecule has 0 amide bonds. The Morgan fingerprint density at radius 3 is 2.61 bits per heavy atom. The summed E-state index contributed by atoms with van der Waals surface area (Å²) in [5.41, 5.74) is 9.80. The Bertz CT molecular complexity index is 886. The smallest absolute Gasteiger partial charge is 0.266 e. The van der Waals surface area contributed by atoms with E-state index in [4.69, 9.17) is 5.73 Å². The molecule has 1 fully saturated rings. The molecule has 1 saturated carbocycles. The van der Waals surface area contributed by atoms with E-state index in [0.29, 0.717) is 17.4 Å². The van der Waals surface area contributed by atoms with Crippen molar-refractivity contribution in [3.8, 4) is 11.1 Å². The normalized spacial score (nSPS) is 16.0. The van der Waals surface area contributed by atoms with Crippen molar-refractivity contribution in [2.75, 3.05) is 5.73 Å². The summed E-state index contributed by atoms with van der Waals surface area (Å²) < 4.78 is 1.53. The van der Waals surface area contributed by atoms with Crippen molar-refractivity contribution in [2.24, 2.45) is 0 Å². The van der Waals surface area contributed by atoms with Crippen molar-refractivity contribution < 1.29 is 0 Å². The molecule has 0 aliphatic heterocycles. The minimum Gasteiger partial charge on any atom is -0.383 e. The summed E-state index contributed by atoms with van der Waals surface area (Å²) in [6, 6.07) is 10.0. The monoisotopic (exact) mass is 308 g/mol. The van der Waals surface area contributed by atoms with Gasteiger partial charge in [-0.05, 0) is 29.9 Å². The van der Waals surface area contributed by atoms with Crippen molar-refractivity contribution in [2.45, 2.75) is 38.0 Å². The van der Waals surface area contributed by atoms with E-state index in [1.54, 1.807) is 6.20 Å². The lowest BCUT2D eigenvalue weighted by Gasteiger charge is -2.22. The first-order valence-corrected chi connectivity index (χ1v) is 8.19. The standard InChI is InChI=1S/C18H20N4O/c19-18-15(11-20-16-10-17(23)21-22(16)18)14-8-6-13(7-9-14)12-4-2-1-3-5-12/h6-12H,1-5,19H2,(H,21,23). The van der Waals surface area contributed by atoms with E-state index in [1.807, 2.05) is 0 Å². The van der Waals surface area contributed by atoms with Crippen LogP contribution in [0.2, 0.25) is 0 Å². The average Bonchev–Trinajstić information content (AvgIpc) is 2.98. The van der Waals surface area contributed by atoms with Crippen LogP contribution in [0.3, 0.4) is 0 Å². The molecule has 0 atom stereocenters. The number of nitrogens with zero attached hydrogens (tertiary/aromatic N) is 2. The number of anilines is 1. The lowest BCUT2D eigenvalue weighted by atomic mass is 9.84. The molecule has 3 aromatic rings. The molecule has 0 bridgehead atoms. The number of nitrogens with two attached hydrogens (primary N) is 1. The Labute approximate surface area is 134 Å². The molecule has 2 heterocycles. The van der Waals surface area contributed by atoms with Crippen LogP contribution in [0.15, 0.2) is 41.3 Å². The first kappa shape index (κ1) is 14.1. The van der Waals surface area contributed by atoms with Gasteiger partial charge in [-0.3, -0.25) is 9.89 Å². The van der Waals surface area contributed by atoms with Gasteiger partial charge in [0.2, 0.25) is 0 Å². The summed E-state index contributed by atoms with van der Waals surface area (Å²) in [7, 11) is 0. The predicted molar refractivity (Wildman–Crippen MR) is 91.5 cm³/mol. The molecule has 1 aliphatic carbocycles. The van der Waals surface area contributed by atoms with E-state index in [0.717, 1.165) is 11.1 Å². The molecule has 1 aromatic carbocycles. The van der Waals surface area contributed by atoms with Gasteiger partial charge in [0.25, 0.3) is 5.56 Å². The summed E-state index contributed by atoms with van der Waals surface area (Å²) in [5.74, 6) is 1.19. The van der Waals surface area contributed by atoms with E-state index in [9.17, 15) is 4.79 Å². The number of nitrogens with one attached hydrogen (secondary N) is 1. The zero-order valence-corrected chi connectivity index (χ0v) is 13.0. The van der Waals surface area contributed by atoms with E-state index in [2.05, 4.69) is 34.3 Å². The van der Waals surface area contributed by atoms with Gasteiger partial charge in [0, 0.05) is 17.8 Å². The van der Waals surface area contributed by atoms with Crippen molar-refractivity contribution in [3.05, 3.63) is 52.4 Å². The second kappa shape index (κ2) is 5.57. The highest BCUT2D eigenvalue weighted by atomic mass is 16.1. The topological polar surface area (TPSA) is 76.2 Å². The van der Waals surface area contributed by atoms with Crippen molar-refractivity contribution in [1.82, 2.24) is 14.6 Å². The number of aromatic amines is 1. The van der Waals surface area contributed by atoms with Gasteiger partial charge < -0.3 is 5.73 Å². The van der Waals surface area contributed by atoms with Gasteiger partial charge >= 0.3 is 0 Å². The largest absolute Gasteiger partial charge is 0.383 e. The summed E-state index contributed by atoms with van der Waals surface area (Å²) in [4.78, 5) is 15.7. The maximum Gasteiger partial charge on any atom is 0.266 e. The van der Waals surface area contributed by atoms with E-state index >= 15 is 0 Å². The first-order chi connectivity index (χ1) is 11.2. The third-order valence-electron chi connectivity index (χ3n) is 4.85. The van der Waals surface area contributed by atoms with Crippen LogP contribution in [0.1, 0.15) is 43.6 Å². The van der Waals surface area contributed by atoms with E-state index in [-0.39, 0.29) is 5.56 Å². The predicted octanol–water partition coefficient (Wildman–Crippen LogP) is 3.32. The highest BCUT2D eigenvalue weighted by Gasteiger charge is 2.16. The number of H-pyrrole nitrogens is 1. The zero-order valence-electron chi connectivity index (χ0n) is 13.0. The summed E-state index contributed by atoms with van der Waals surface area (Å²) in [6.45, 7) is 0. The fourth-order valence-corrected chi connectivity index (χ4v) is 3.57. The van der Waals surface area contributed by atoms with Crippen LogP contribution in [0, 0.1) is 0 Å². The molecular formula is C18H20N4O. The molecule has 5 nitrogen and oxygen atoms in total. The fourth-order valence-electron chi connectivity index (χ4n) is 3.57. The van der Waals surface area contributed by atoms with Gasteiger partial charge in [-0.2, -0.15) is 0 Å². The molecule has 23 heavy (non-hydrogen) atoms. The zero-order chi connectivity index (χ0) is 15.8. The molecule has 2 aromatic heterocycles. The second-order valence-electron chi connectivity index (χ2n) is 6.33. The average molecular weight is 308 g/mol. The Morgan fingerprint density at radius 1 is 1.13 bits per heavy atom. The van der Waals surface area contributed by atoms with Crippen LogP contribution in [0.25, 0.3) is 16.8 Å². The Balaban J connectivity index is 1.70. The lowest BCUT2D eigenvalue weighted by Crippen LogP contribution is -2.06. The van der Waals surface area contributed by atoms with E-state index in [1.165, 1.54) is 48.2 Å². The molecule has 1 aliphatic rings. The molecule has 0 radical (unpaired) electrons. The van der Waals surface area contributed by atoms with Crippen LogP contribution < -0.4 is 11.3 Å². The highest BCUT2D eigenvalue weighted by molar-refractivity contribution is 5.75. The van der Waals surface area contributed by atoms with Gasteiger partial charge in [-0.25, -0.2) is 9.50 Å². The summed E-state index contributed by atoms with van der Waals surface area (Å²) in [5, 5.41) is 2.67. The third kappa shape index (κ3) is 2.52. The van der Waals surface area contributed by atoms with Gasteiger partial charge in [0.1, 0.15) is 5.82 Å². The minimum atomic E-state index is -0.200.